The number of fused-ring (bicyclic) bond motifs is 1. The van der Waals surface area contributed by atoms with E-state index in [2.05, 4.69) is 21.9 Å². The van der Waals surface area contributed by atoms with Gasteiger partial charge in [-0.3, -0.25) is 9.80 Å². The van der Waals surface area contributed by atoms with Gasteiger partial charge in [0, 0.05) is 31.6 Å². The molecule has 0 aromatic heterocycles. The highest BCUT2D eigenvalue weighted by Crippen LogP contribution is 2.24. The average Bonchev–Trinajstić information content (AvgIpc) is 2.81. The van der Waals surface area contributed by atoms with Crippen molar-refractivity contribution < 1.29 is 5.21 Å². The van der Waals surface area contributed by atoms with Gasteiger partial charge in [-0.2, -0.15) is 0 Å². The first-order valence-electron chi connectivity index (χ1n) is 7.15. The second-order valence-corrected chi connectivity index (χ2v) is 5.68. The van der Waals surface area contributed by atoms with E-state index in [0.717, 1.165) is 25.4 Å². The lowest BCUT2D eigenvalue weighted by Gasteiger charge is -2.42. The molecule has 18 heavy (non-hydrogen) atoms. The zero-order valence-corrected chi connectivity index (χ0v) is 11.4. The number of piperazine rings is 1. The molecular formula is C13H26N4O. The molecule has 2 atom stereocenters. The van der Waals surface area contributed by atoms with Crippen LogP contribution in [0.1, 0.15) is 39.0 Å². The van der Waals surface area contributed by atoms with Crippen LogP contribution in [0.4, 0.5) is 0 Å². The Morgan fingerprint density at radius 2 is 2.22 bits per heavy atom. The van der Waals surface area contributed by atoms with Gasteiger partial charge in [-0.15, -0.1) is 0 Å². The van der Waals surface area contributed by atoms with Crippen molar-refractivity contribution in [3.05, 3.63) is 0 Å². The number of hydrogen-bond donors (Lipinski definition) is 2. The molecule has 0 saturated carbocycles. The first-order valence-corrected chi connectivity index (χ1v) is 7.15. The molecule has 2 rings (SSSR count). The van der Waals surface area contributed by atoms with E-state index in [4.69, 9.17) is 10.9 Å². The van der Waals surface area contributed by atoms with Gasteiger partial charge in [0.1, 0.15) is 5.84 Å². The van der Waals surface area contributed by atoms with Crippen LogP contribution in [0.3, 0.4) is 0 Å². The number of unbranched alkanes of at least 4 members (excludes halogenated alkanes) is 1. The molecule has 5 heteroatoms. The lowest BCUT2D eigenvalue weighted by atomic mass is 10.1. The summed E-state index contributed by atoms with van der Waals surface area (Å²) in [5.74, 6) is 0.351. The lowest BCUT2D eigenvalue weighted by Crippen LogP contribution is -2.54. The maximum atomic E-state index is 8.47. The quantitative estimate of drug-likeness (QED) is 0.253. The summed E-state index contributed by atoms with van der Waals surface area (Å²) < 4.78 is 0. The van der Waals surface area contributed by atoms with Crippen LogP contribution in [-0.4, -0.2) is 59.1 Å². The summed E-state index contributed by atoms with van der Waals surface area (Å²) in [4.78, 5) is 5.26. The van der Waals surface area contributed by atoms with E-state index < -0.39 is 0 Å². The Morgan fingerprint density at radius 3 is 3.00 bits per heavy atom. The van der Waals surface area contributed by atoms with E-state index in [1.165, 1.54) is 32.5 Å². The van der Waals surface area contributed by atoms with E-state index in [1.807, 2.05) is 0 Å². The van der Waals surface area contributed by atoms with Crippen LogP contribution in [-0.2, 0) is 0 Å². The van der Waals surface area contributed by atoms with Crippen LogP contribution in [0.25, 0.3) is 0 Å². The molecule has 0 aliphatic carbocycles. The first-order chi connectivity index (χ1) is 8.70. The summed E-state index contributed by atoms with van der Waals surface area (Å²) in [5, 5.41) is 11.5. The van der Waals surface area contributed by atoms with Crippen LogP contribution in [0.2, 0.25) is 0 Å². The minimum atomic E-state index is 0.351. The number of rotatable bonds is 5. The van der Waals surface area contributed by atoms with Gasteiger partial charge >= 0.3 is 0 Å². The number of oxime groups is 1. The molecule has 2 aliphatic rings. The lowest BCUT2D eigenvalue weighted by molar-refractivity contribution is 0.0585. The molecule has 0 radical (unpaired) electrons. The molecule has 2 saturated heterocycles. The molecule has 2 unspecified atom stereocenters. The summed E-state index contributed by atoms with van der Waals surface area (Å²) in [5.41, 5.74) is 5.47. The normalized spacial score (nSPS) is 30.6. The molecular weight excluding hydrogens is 228 g/mol. The fourth-order valence-corrected chi connectivity index (χ4v) is 3.23. The Hall–Kier alpha value is -0.810. The van der Waals surface area contributed by atoms with Gasteiger partial charge in [0.25, 0.3) is 0 Å². The number of amidine groups is 1. The molecule has 0 spiro atoms. The van der Waals surface area contributed by atoms with Crippen molar-refractivity contribution in [1.82, 2.24) is 9.80 Å². The summed E-state index contributed by atoms with van der Waals surface area (Å²) in [6, 6.07) is 1.47. The molecule has 0 aromatic rings. The van der Waals surface area contributed by atoms with Crippen molar-refractivity contribution in [3.8, 4) is 0 Å². The minimum absolute atomic E-state index is 0.351. The van der Waals surface area contributed by atoms with E-state index in [0.29, 0.717) is 18.3 Å². The van der Waals surface area contributed by atoms with Crippen molar-refractivity contribution in [2.75, 3.05) is 26.2 Å². The zero-order chi connectivity index (χ0) is 13.0. The zero-order valence-electron chi connectivity index (χ0n) is 11.4. The monoisotopic (exact) mass is 254 g/mol. The molecule has 104 valence electrons. The van der Waals surface area contributed by atoms with Crippen LogP contribution in [0.15, 0.2) is 5.16 Å². The third kappa shape index (κ3) is 3.36. The molecule has 2 fully saturated rings. The van der Waals surface area contributed by atoms with Gasteiger partial charge in [0.05, 0.1) is 0 Å². The molecule has 0 amide bonds. The van der Waals surface area contributed by atoms with Crippen LogP contribution < -0.4 is 5.73 Å². The molecule has 2 aliphatic heterocycles. The molecule has 5 nitrogen and oxygen atoms in total. The fraction of sp³-hybridized carbons (Fsp3) is 0.923. The summed E-state index contributed by atoms with van der Waals surface area (Å²) in [7, 11) is 0. The first kappa shape index (κ1) is 13.6. The van der Waals surface area contributed by atoms with Gasteiger partial charge in [0.15, 0.2) is 0 Å². The number of hydrogen-bond acceptors (Lipinski definition) is 4. The summed E-state index contributed by atoms with van der Waals surface area (Å²) >= 11 is 0. The minimum Gasteiger partial charge on any atom is -0.409 e. The smallest absolute Gasteiger partial charge is 0.139 e. The van der Waals surface area contributed by atoms with E-state index in [1.54, 1.807) is 0 Å². The Bertz CT molecular complexity index is 295. The molecule has 0 aromatic carbocycles. The predicted octanol–water partition coefficient (Wildman–Crippen LogP) is 1.07. The second-order valence-electron chi connectivity index (χ2n) is 5.68. The number of nitrogens with two attached hydrogens (primary N) is 1. The third-order valence-electron chi connectivity index (χ3n) is 4.32. The Labute approximate surface area is 110 Å². The van der Waals surface area contributed by atoms with Gasteiger partial charge in [-0.1, -0.05) is 5.16 Å². The van der Waals surface area contributed by atoms with Crippen LogP contribution >= 0.6 is 0 Å². The largest absolute Gasteiger partial charge is 0.409 e. The third-order valence-corrected chi connectivity index (χ3v) is 4.32. The Balaban J connectivity index is 1.69. The maximum Gasteiger partial charge on any atom is 0.139 e. The van der Waals surface area contributed by atoms with Crippen molar-refractivity contribution in [1.29, 1.82) is 0 Å². The second kappa shape index (κ2) is 6.38. The highest BCUT2D eigenvalue weighted by Gasteiger charge is 2.33. The Morgan fingerprint density at radius 1 is 1.39 bits per heavy atom. The van der Waals surface area contributed by atoms with Gasteiger partial charge in [-0.05, 0) is 45.7 Å². The Kier molecular flexibility index (Phi) is 4.83. The van der Waals surface area contributed by atoms with E-state index in [-0.39, 0.29) is 0 Å². The topological polar surface area (TPSA) is 65.1 Å². The van der Waals surface area contributed by atoms with E-state index in [9.17, 15) is 0 Å². The summed E-state index contributed by atoms with van der Waals surface area (Å²) in [6.07, 6.45) is 5.58. The van der Waals surface area contributed by atoms with Gasteiger partial charge in [0.2, 0.25) is 0 Å². The molecule has 2 heterocycles. The highest BCUT2D eigenvalue weighted by atomic mass is 16.4. The van der Waals surface area contributed by atoms with Crippen molar-refractivity contribution in [2.45, 2.75) is 51.1 Å². The molecule has 0 bridgehead atoms. The van der Waals surface area contributed by atoms with Gasteiger partial charge < -0.3 is 10.9 Å². The van der Waals surface area contributed by atoms with E-state index >= 15 is 0 Å². The SMILES string of the molecule is CC1CN2CCCC2CN1CCCCC(N)=NO. The standard InChI is InChI=1S/C13H26N4O/c1-11-9-17-8-4-5-12(17)10-16(11)7-3-2-6-13(14)15-18/h11-12,18H,2-10H2,1H3,(H2,14,15). The summed E-state index contributed by atoms with van der Waals surface area (Å²) in [6.45, 7) is 7.23. The highest BCUT2D eigenvalue weighted by molar-refractivity contribution is 5.79. The van der Waals surface area contributed by atoms with Crippen LogP contribution in [0, 0.1) is 0 Å². The van der Waals surface area contributed by atoms with Crippen LogP contribution in [0.5, 0.6) is 0 Å². The van der Waals surface area contributed by atoms with Crippen molar-refractivity contribution >= 4 is 5.84 Å². The number of nitrogens with zero attached hydrogens (tertiary/aromatic N) is 3. The van der Waals surface area contributed by atoms with Gasteiger partial charge in [-0.25, -0.2) is 0 Å². The molecule has 3 N–H and O–H groups in total. The fourth-order valence-electron chi connectivity index (χ4n) is 3.23. The van der Waals surface area contributed by atoms with Crippen molar-refractivity contribution in [3.63, 3.8) is 0 Å². The predicted molar refractivity (Wildman–Crippen MR) is 72.9 cm³/mol. The maximum absolute atomic E-state index is 8.47. The van der Waals surface area contributed by atoms with Crippen molar-refractivity contribution in [2.24, 2.45) is 10.9 Å². The average molecular weight is 254 g/mol.